The van der Waals surface area contributed by atoms with Crippen LogP contribution >= 0.6 is 0 Å². The molecule has 1 aliphatic rings. The number of rotatable bonds is 5. The van der Waals surface area contributed by atoms with Crippen LogP contribution in [-0.4, -0.2) is 35.0 Å². The quantitative estimate of drug-likeness (QED) is 0.674. The van der Waals surface area contributed by atoms with E-state index in [1.165, 1.54) is 0 Å². The summed E-state index contributed by atoms with van der Waals surface area (Å²) in [5.41, 5.74) is 0. The van der Waals surface area contributed by atoms with Gasteiger partial charge in [0.1, 0.15) is 0 Å². The van der Waals surface area contributed by atoms with Crippen LogP contribution in [0.25, 0.3) is 0 Å². The zero-order valence-electron chi connectivity index (χ0n) is 8.77. The molecule has 0 spiro atoms. The van der Waals surface area contributed by atoms with Crippen molar-refractivity contribution in [3.05, 3.63) is 0 Å². The highest BCUT2D eigenvalue weighted by Gasteiger charge is 2.49. The standard InChI is InChI=1S/C11H15NO3/c1-3-5-12(6-4-2)10(13)8-7-9(8)11(14)15/h1,8-9H,4-7H2,2H3,(H,14,15). The lowest BCUT2D eigenvalue weighted by molar-refractivity contribution is -0.141. The highest BCUT2D eigenvalue weighted by atomic mass is 16.4. The summed E-state index contributed by atoms with van der Waals surface area (Å²) in [5.74, 6) is 0.589. The van der Waals surface area contributed by atoms with E-state index < -0.39 is 11.9 Å². The molecule has 2 unspecified atom stereocenters. The van der Waals surface area contributed by atoms with Crippen LogP contribution in [0.1, 0.15) is 19.8 Å². The molecule has 15 heavy (non-hydrogen) atoms. The van der Waals surface area contributed by atoms with Gasteiger partial charge in [-0.3, -0.25) is 9.59 Å². The summed E-state index contributed by atoms with van der Waals surface area (Å²) >= 11 is 0. The first-order chi connectivity index (χ1) is 7.11. The fraction of sp³-hybridized carbons (Fsp3) is 0.636. The second kappa shape index (κ2) is 4.83. The highest BCUT2D eigenvalue weighted by Crippen LogP contribution is 2.40. The second-order valence-corrected chi connectivity index (χ2v) is 3.75. The SMILES string of the molecule is C#CCN(CCC)C(=O)C1CC1C(=O)O. The summed E-state index contributed by atoms with van der Waals surface area (Å²) in [4.78, 5) is 23.9. The topological polar surface area (TPSA) is 57.6 Å². The van der Waals surface area contributed by atoms with Gasteiger partial charge in [-0.05, 0) is 12.8 Å². The van der Waals surface area contributed by atoms with Gasteiger partial charge in [-0.25, -0.2) is 0 Å². The van der Waals surface area contributed by atoms with E-state index in [-0.39, 0.29) is 18.4 Å². The van der Waals surface area contributed by atoms with Crippen LogP contribution in [0.3, 0.4) is 0 Å². The molecule has 0 aromatic heterocycles. The summed E-state index contributed by atoms with van der Waals surface area (Å²) in [7, 11) is 0. The van der Waals surface area contributed by atoms with Crippen molar-refractivity contribution in [1.29, 1.82) is 0 Å². The Labute approximate surface area is 89.3 Å². The summed E-state index contributed by atoms with van der Waals surface area (Å²) in [6.07, 6.45) is 6.44. The van der Waals surface area contributed by atoms with Gasteiger partial charge in [-0.2, -0.15) is 0 Å². The van der Waals surface area contributed by atoms with Crippen LogP contribution in [0.4, 0.5) is 0 Å². The first-order valence-electron chi connectivity index (χ1n) is 5.06. The Morgan fingerprint density at radius 2 is 2.20 bits per heavy atom. The smallest absolute Gasteiger partial charge is 0.307 e. The first-order valence-corrected chi connectivity index (χ1v) is 5.06. The van der Waals surface area contributed by atoms with E-state index >= 15 is 0 Å². The van der Waals surface area contributed by atoms with Crippen molar-refractivity contribution in [3.8, 4) is 12.3 Å². The van der Waals surface area contributed by atoms with Gasteiger partial charge in [0.25, 0.3) is 0 Å². The maximum absolute atomic E-state index is 11.8. The van der Waals surface area contributed by atoms with Gasteiger partial charge < -0.3 is 10.0 Å². The predicted molar refractivity (Wildman–Crippen MR) is 54.9 cm³/mol. The molecule has 1 saturated carbocycles. The van der Waals surface area contributed by atoms with Crippen molar-refractivity contribution in [1.82, 2.24) is 4.90 Å². The van der Waals surface area contributed by atoms with Crippen molar-refractivity contribution in [2.45, 2.75) is 19.8 Å². The van der Waals surface area contributed by atoms with Gasteiger partial charge in [-0.1, -0.05) is 12.8 Å². The Morgan fingerprint density at radius 3 is 2.60 bits per heavy atom. The monoisotopic (exact) mass is 209 g/mol. The Hall–Kier alpha value is -1.50. The molecule has 4 heteroatoms. The van der Waals surface area contributed by atoms with Gasteiger partial charge in [0, 0.05) is 6.54 Å². The molecule has 0 aromatic rings. The Morgan fingerprint density at radius 1 is 1.53 bits per heavy atom. The Bertz CT molecular complexity index is 305. The van der Waals surface area contributed by atoms with Crippen LogP contribution in [0, 0.1) is 24.2 Å². The second-order valence-electron chi connectivity index (χ2n) is 3.75. The normalized spacial score (nSPS) is 22.9. The molecule has 0 aliphatic heterocycles. The zero-order chi connectivity index (χ0) is 11.4. The largest absolute Gasteiger partial charge is 0.481 e. The molecule has 1 amide bonds. The van der Waals surface area contributed by atoms with Gasteiger partial charge in [0.05, 0.1) is 18.4 Å². The predicted octanol–water partition coefficient (Wildman–Crippen LogP) is 0.579. The number of nitrogens with zero attached hydrogens (tertiary/aromatic N) is 1. The molecule has 2 atom stereocenters. The van der Waals surface area contributed by atoms with Crippen molar-refractivity contribution in [2.75, 3.05) is 13.1 Å². The maximum Gasteiger partial charge on any atom is 0.307 e. The molecule has 1 fully saturated rings. The Balaban J connectivity index is 2.51. The van der Waals surface area contributed by atoms with Crippen LogP contribution in [0.2, 0.25) is 0 Å². The van der Waals surface area contributed by atoms with Gasteiger partial charge in [0.2, 0.25) is 5.91 Å². The van der Waals surface area contributed by atoms with Crippen molar-refractivity contribution in [3.63, 3.8) is 0 Å². The van der Waals surface area contributed by atoms with Gasteiger partial charge in [-0.15, -0.1) is 6.42 Å². The molecule has 0 heterocycles. The molecule has 1 N–H and O–H groups in total. The number of carbonyl (C=O) groups excluding carboxylic acids is 1. The first kappa shape index (κ1) is 11.6. The van der Waals surface area contributed by atoms with Crippen LogP contribution in [0.5, 0.6) is 0 Å². The number of amides is 1. The summed E-state index contributed by atoms with van der Waals surface area (Å²) in [6, 6.07) is 0. The summed E-state index contributed by atoms with van der Waals surface area (Å²) in [6.45, 7) is 2.83. The molecular formula is C11H15NO3. The van der Waals surface area contributed by atoms with E-state index in [0.29, 0.717) is 13.0 Å². The van der Waals surface area contributed by atoms with Crippen LogP contribution in [-0.2, 0) is 9.59 Å². The van der Waals surface area contributed by atoms with Gasteiger partial charge in [0.15, 0.2) is 0 Å². The Kier molecular flexibility index (Phi) is 3.73. The van der Waals surface area contributed by atoms with Crippen LogP contribution < -0.4 is 0 Å². The number of terminal acetylenes is 1. The molecule has 0 aromatic carbocycles. The molecule has 0 bridgehead atoms. The van der Waals surface area contributed by atoms with E-state index in [1.54, 1.807) is 4.90 Å². The fourth-order valence-electron chi connectivity index (χ4n) is 1.62. The molecular weight excluding hydrogens is 194 g/mol. The number of carboxylic acid groups (broad SMARTS) is 1. The van der Waals surface area contributed by atoms with Crippen LogP contribution in [0.15, 0.2) is 0 Å². The van der Waals surface area contributed by atoms with E-state index in [0.717, 1.165) is 6.42 Å². The number of hydrogen-bond donors (Lipinski definition) is 1. The number of carbonyl (C=O) groups is 2. The lowest BCUT2D eigenvalue weighted by atomic mass is 10.2. The minimum Gasteiger partial charge on any atom is -0.481 e. The lowest BCUT2D eigenvalue weighted by Crippen LogP contribution is -2.34. The van der Waals surface area contributed by atoms with E-state index in [9.17, 15) is 9.59 Å². The highest BCUT2D eigenvalue weighted by molar-refractivity contribution is 5.89. The third-order valence-electron chi connectivity index (χ3n) is 2.51. The van der Waals surface area contributed by atoms with Gasteiger partial charge >= 0.3 is 5.97 Å². The third-order valence-corrected chi connectivity index (χ3v) is 2.51. The van der Waals surface area contributed by atoms with E-state index in [1.807, 2.05) is 6.92 Å². The average molecular weight is 209 g/mol. The minimum atomic E-state index is -0.884. The summed E-state index contributed by atoms with van der Waals surface area (Å²) < 4.78 is 0. The third kappa shape index (κ3) is 2.72. The van der Waals surface area contributed by atoms with Crippen molar-refractivity contribution < 1.29 is 14.7 Å². The van der Waals surface area contributed by atoms with E-state index in [4.69, 9.17) is 11.5 Å². The minimum absolute atomic E-state index is 0.109. The molecule has 0 saturated heterocycles. The number of hydrogen-bond acceptors (Lipinski definition) is 2. The lowest BCUT2D eigenvalue weighted by Gasteiger charge is -2.19. The number of aliphatic carboxylic acids is 1. The average Bonchev–Trinajstić information content (AvgIpc) is 2.96. The van der Waals surface area contributed by atoms with E-state index in [2.05, 4.69) is 5.92 Å². The zero-order valence-corrected chi connectivity index (χ0v) is 8.77. The maximum atomic E-state index is 11.8. The summed E-state index contributed by atoms with van der Waals surface area (Å²) in [5, 5.41) is 8.70. The molecule has 4 nitrogen and oxygen atoms in total. The molecule has 82 valence electrons. The van der Waals surface area contributed by atoms with Crippen molar-refractivity contribution >= 4 is 11.9 Å². The number of carboxylic acids is 1. The molecule has 0 radical (unpaired) electrons. The molecule has 1 rings (SSSR count). The molecule has 1 aliphatic carbocycles. The fourth-order valence-corrected chi connectivity index (χ4v) is 1.62. The van der Waals surface area contributed by atoms with Crippen molar-refractivity contribution in [2.24, 2.45) is 11.8 Å².